The molecule has 0 unspecified atom stereocenters. The highest BCUT2D eigenvalue weighted by Gasteiger charge is 2.37. The number of hydrogen-bond acceptors (Lipinski definition) is 4. The lowest BCUT2D eigenvalue weighted by Crippen LogP contribution is -2.54. The van der Waals surface area contributed by atoms with E-state index in [0.717, 1.165) is 12.1 Å². The van der Waals surface area contributed by atoms with E-state index in [2.05, 4.69) is 5.32 Å². The van der Waals surface area contributed by atoms with Gasteiger partial charge in [0.1, 0.15) is 6.04 Å². The van der Waals surface area contributed by atoms with Crippen LogP contribution in [-0.4, -0.2) is 57.7 Å². The summed E-state index contributed by atoms with van der Waals surface area (Å²) in [4.78, 5) is 37.6. The van der Waals surface area contributed by atoms with Gasteiger partial charge in [0, 0.05) is 37.3 Å². The molecule has 1 aromatic heterocycles. The molecule has 2 aliphatic rings. The summed E-state index contributed by atoms with van der Waals surface area (Å²) >= 11 is 1.56. The van der Waals surface area contributed by atoms with Crippen LogP contribution in [0.4, 0.5) is 4.79 Å². The third-order valence-electron chi connectivity index (χ3n) is 4.97. The Labute approximate surface area is 150 Å². The molecule has 7 nitrogen and oxygen atoms in total. The minimum absolute atomic E-state index is 0.00751. The molecule has 1 saturated heterocycles. The van der Waals surface area contributed by atoms with E-state index in [-0.39, 0.29) is 23.4 Å². The average Bonchev–Trinajstić information content (AvgIpc) is 2.59. The second kappa shape index (κ2) is 7.51. The van der Waals surface area contributed by atoms with Crippen LogP contribution in [-0.2, 0) is 11.3 Å². The second-order valence-electron chi connectivity index (χ2n) is 6.72. The quantitative estimate of drug-likeness (QED) is 0.818. The summed E-state index contributed by atoms with van der Waals surface area (Å²) in [6.45, 7) is 1.68. The van der Waals surface area contributed by atoms with Gasteiger partial charge in [-0.2, -0.15) is 11.8 Å². The van der Waals surface area contributed by atoms with Gasteiger partial charge < -0.3 is 19.9 Å². The van der Waals surface area contributed by atoms with Gasteiger partial charge in [0.25, 0.3) is 5.56 Å². The topological polar surface area (TPSA) is 91.6 Å². The Hall–Kier alpha value is -1.96. The van der Waals surface area contributed by atoms with Gasteiger partial charge in [0.05, 0.1) is 0 Å². The summed E-state index contributed by atoms with van der Waals surface area (Å²) in [5.74, 6) is 0.0309. The number of nitrogens with one attached hydrogen (secondary N) is 1. The molecular weight excluding hydrogens is 342 g/mol. The van der Waals surface area contributed by atoms with Crippen LogP contribution < -0.4 is 10.9 Å². The maximum Gasteiger partial charge on any atom is 0.326 e. The third kappa shape index (κ3) is 3.84. The van der Waals surface area contributed by atoms with E-state index < -0.39 is 12.0 Å². The van der Waals surface area contributed by atoms with E-state index >= 15 is 0 Å². The number of carbonyl (C=O) groups excluding carboxylic acids is 1. The number of hydrogen-bond donors (Lipinski definition) is 2. The summed E-state index contributed by atoms with van der Waals surface area (Å²) in [5.41, 5.74) is 0.978. The average molecular weight is 365 g/mol. The Morgan fingerprint density at radius 1 is 1.36 bits per heavy atom. The van der Waals surface area contributed by atoms with Gasteiger partial charge >= 0.3 is 12.0 Å². The molecule has 8 heteroatoms. The number of nitrogens with zero attached hydrogens (tertiary/aromatic N) is 2. The van der Waals surface area contributed by atoms with Crippen LogP contribution in [0.5, 0.6) is 0 Å². The lowest BCUT2D eigenvalue weighted by atomic mass is 9.83. The number of piperidine rings is 1. The largest absolute Gasteiger partial charge is 0.480 e. The predicted molar refractivity (Wildman–Crippen MR) is 96.1 cm³/mol. The van der Waals surface area contributed by atoms with Crippen LogP contribution in [0.15, 0.2) is 23.0 Å². The van der Waals surface area contributed by atoms with Crippen molar-refractivity contribution in [3.63, 3.8) is 0 Å². The Bertz CT molecular complexity index is 720. The first-order valence-electron chi connectivity index (χ1n) is 8.46. The molecule has 3 rings (SSSR count). The van der Waals surface area contributed by atoms with Gasteiger partial charge in [0.2, 0.25) is 0 Å². The first-order valence-corrected chi connectivity index (χ1v) is 9.86. The fourth-order valence-electron chi connectivity index (χ4n) is 3.80. The zero-order valence-corrected chi connectivity index (χ0v) is 15.0. The molecule has 2 N–H and O–H groups in total. The second-order valence-corrected chi connectivity index (χ2v) is 7.71. The Morgan fingerprint density at radius 2 is 2.16 bits per heavy atom. The highest BCUT2D eigenvalue weighted by Crippen LogP contribution is 2.34. The number of rotatable bonds is 5. The van der Waals surface area contributed by atoms with Gasteiger partial charge in [0.15, 0.2) is 0 Å². The molecule has 0 aromatic carbocycles. The highest BCUT2D eigenvalue weighted by molar-refractivity contribution is 7.98. The van der Waals surface area contributed by atoms with Crippen LogP contribution in [0.2, 0.25) is 0 Å². The van der Waals surface area contributed by atoms with Gasteiger partial charge in [-0.15, -0.1) is 0 Å². The molecule has 3 atom stereocenters. The molecule has 2 amide bonds. The monoisotopic (exact) mass is 365 g/mol. The Morgan fingerprint density at radius 3 is 2.88 bits per heavy atom. The molecule has 3 heterocycles. The van der Waals surface area contributed by atoms with Crippen molar-refractivity contribution in [3.8, 4) is 0 Å². The number of thioether (sulfide) groups is 1. The molecule has 0 spiro atoms. The minimum Gasteiger partial charge on any atom is -0.480 e. The zero-order chi connectivity index (χ0) is 18.0. The number of aromatic nitrogens is 1. The molecule has 1 aromatic rings. The van der Waals surface area contributed by atoms with Crippen LogP contribution in [0, 0.1) is 5.92 Å². The fourth-order valence-corrected chi connectivity index (χ4v) is 4.27. The number of carboxylic acid groups (broad SMARTS) is 1. The van der Waals surface area contributed by atoms with E-state index in [1.54, 1.807) is 28.8 Å². The van der Waals surface area contributed by atoms with Crippen LogP contribution in [0.25, 0.3) is 0 Å². The highest BCUT2D eigenvalue weighted by atomic mass is 32.2. The van der Waals surface area contributed by atoms with E-state index in [4.69, 9.17) is 0 Å². The minimum atomic E-state index is -1.00. The summed E-state index contributed by atoms with van der Waals surface area (Å²) in [5, 5.41) is 11.9. The molecular formula is C17H23N3O4S. The van der Waals surface area contributed by atoms with Gasteiger partial charge in [-0.25, -0.2) is 9.59 Å². The number of carbonyl (C=O) groups is 2. The van der Waals surface area contributed by atoms with Crippen molar-refractivity contribution in [1.29, 1.82) is 0 Å². The zero-order valence-electron chi connectivity index (χ0n) is 14.2. The summed E-state index contributed by atoms with van der Waals surface area (Å²) in [6.07, 6.45) is 3.27. The molecule has 136 valence electrons. The lowest BCUT2D eigenvalue weighted by molar-refractivity contribution is -0.139. The van der Waals surface area contributed by atoms with Crippen molar-refractivity contribution in [3.05, 3.63) is 34.2 Å². The van der Waals surface area contributed by atoms with Crippen LogP contribution in [0.1, 0.15) is 24.5 Å². The number of urea groups is 1. The molecule has 25 heavy (non-hydrogen) atoms. The van der Waals surface area contributed by atoms with E-state index in [9.17, 15) is 19.5 Å². The number of fused-ring (bicyclic) bond motifs is 4. The molecule has 2 bridgehead atoms. The Balaban J connectivity index is 1.70. The van der Waals surface area contributed by atoms with E-state index in [0.29, 0.717) is 31.8 Å². The standard InChI is InChI=1S/C17H23N3O4S/c1-25-6-5-13(16(22)23)18-17(24)19-8-11-7-12(10-19)14-3-2-4-15(21)20(14)9-11/h2-4,11-13H,5-10H2,1H3,(H,18,24)(H,22,23)/t11-,12+,13+/m0/s1. The van der Waals surface area contributed by atoms with Crippen LogP contribution in [0.3, 0.4) is 0 Å². The van der Waals surface area contributed by atoms with Gasteiger partial charge in [-0.3, -0.25) is 4.79 Å². The molecule has 2 aliphatic heterocycles. The number of carboxylic acids is 1. The summed E-state index contributed by atoms with van der Waals surface area (Å²) in [6, 6.07) is 4.09. The van der Waals surface area contributed by atoms with Gasteiger partial charge in [-0.1, -0.05) is 6.07 Å². The van der Waals surface area contributed by atoms with E-state index in [1.165, 1.54) is 0 Å². The van der Waals surface area contributed by atoms with Crippen molar-refractivity contribution >= 4 is 23.8 Å². The number of likely N-dealkylation sites (tertiary alicyclic amines) is 1. The number of aliphatic carboxylic acids is 1. The smallest absolute Gasteiger partial charge is 0.326 e. The molecule has 0 saturated carbocycles. The van der Waals surface area contributed by atoms with Crippen molar-refractivity contribution in [1.82, 2.24) is 14.8 Å². The third-order valence-corrected chi connectivity index (χ3v) is 5.62. The molecule has 0 aliphatic carbocycles. The SMILES string of the molecule is CSCC[C@@H](NC(=O)N1C[C@@H]2C[C@H](C1)c1cccc(=O)n1C2)C(=O)O. The number of amides is 2. The van der Waals surface area contributed by atoms with Crippen molar-refractivity contribution in [2.45, 2.75) is 31.3 Å². The maximum atomic E-state index is 12.6. The lowest BCUT2D eigenvalue weighted by Gasteiger charge is -2.42. The normalized spacial score (nSPS) is 22.8. The summed E-state index contributed by atoms with van der Waals surface area (Å²) in [7, 11) is 0. The number of pyridine rings is 1. The molecule has 1 fully saturated rings. The van der Waals surface area contributed by atoms with Crippen molar-refractivity contribution in [2.75, 3.05) is 25.1 Å². The van der Waals surface area contributed by atoms with E-state index in [1.807, 2.05) is 16.9 Å². The predicted octanol–water partition coefficient (Wildman–Crippen LogP) is 1.18. The maximum absolute atomic E-state index is 12.6. The van der Waals surface area contributed by atoms with Gasteiger partial charge in [-0.05, 0) is 36.8 Å². The van der Waals surface area contributed by atoms with Crippen molar-refractivity contribution in [2.24, 2.45) is 5.92 Å². The first-order chi connectivity index (χ1) is 12.0. The first kappa shape index (κ1) is 17.8. The Kier molecular flexibility index (Phi) is 5.36. The molecule has 0 radical (unpaired) electrons. The van der Waals surface area contributed by atoms with Crippen LogP contribution >= 0.6 is 11.8 Å². The fraction of sp³-hybridized carbons (Fsp3) is 0.588. The summed E-state index contributed by atoms with van der Waals surface area (Å²) < 4.78 is 1.81. The van der Waals surface area contributed by atoms with Crippen molar-refractivity contribution < 1.29 is 14.7 Å².